The van der Waals surface area contributed by atoms with E-state index in [1.54, 1.807) is 0 Å². The number of hydrazine groups is 2. The van der Waals surface area contributed by atoms with E-state index in [0.29, 0.717) is 0 Å². The molecule has 1 aliphatic heterocycles. The minimum Gasteiger partial charge on any atom is -0.231 e. The van der Waals surface area contributed by atoms with E-state index in [-0.39, 0.29) is 0 Å². The van der Waals surface area contributed by atoms with Gasteiger partial charge in [0.25, 0.3) is 0 Å². The molecule has 15 heavy (non-hydrogen) atoms. The Hall–Kier alpha value is -0.120. The fourth-order valence-electron chi connectivity index (χ4n) is 2.12. The second kappa shape index (κ2) is 7.20. The predicted octanol–water partition coefficient (Wildman–Crippen LogP) is 2.36. The Morgan fingerprint density at radius 1 is 0.533 bits per heavy atom. The molecule has 0 spiro atoms. The highest BCUT2D eigenvalue weighted by atomic mass is 15.8. The summed E-state index contributed by atoms with van der Waals surface area (Å²) in [7, 11) is 6.52. The van der Waals surface area contributed by atoms with Gasteiger partial charge in [0.2, 0.25) is 0 Å². The Kier molecular flexibility index (Phi) is 6.22. The standard InChI is InChI=1S/C12H27N3/c1-13-11-9-7-5-4-6-8-10-12-14(2)15(13)3/h4-12H2,1-3H3. The Morgan fingerprint density at radius 2 is 0.867 bits per heavy atom. The van der Waals surface area contributed by atoms with E-state index in [4.69, 9.17) is 0 Å². The van der Waals surface area contributed by atoms with Crippen LogP contribution in [0.15, 0.2) is 0 Å². The van der Waals surface area contributed by atoms with Crippen molar-refractivity contribution in [3.8, 4) is 0 Å². The summed E-state index contributed by atoms with van der Waals surface area (Å²) in [5.74, 6) is 0. The zero-order chi connectivity index (χ0) is 11.1. The van der Waals surface area contributed by atoms with Crippen LogP contribution in [0.4, 0.5) is 0 Å². The third kappa shape index (κ3) is 4.96. The van der Waals surface area contributed by atoms with Gasteiger partial charge in [-0.05, 0) is 12.8 Å². The lowest BCUT2D eigenvalue weighted by Crippen LogP contribution is -2.48. The summed E-state index contributed by atoms with van der Waals surface area (Å²) in [4.78, 5) is 0. The summed E-state index contributed by atoms with van der Waals surface area (Å²) >= 11 is 0. The smallest absolute Gasteiger partial charge is 0.0179 e. The maximum absolute atomic E-state index is 2.32. The molecule has 0 bridgehead atoms. The third-order valence-electron chi connectivity index (χ3n) is 3.45. The first-order valence-electron chi connectivity index (χ1n) is 6.37. The van der Waals surface area contributed by atoms with Crippen molar-refractivity contribution in [1.82, 2.24) is 15.1 Å². The zero-order valence-electron chi connectivity index (χ0n) is 10.7. The van der Waals surface area contributed by atoms with E-state index >= 15 is 0 Å². The molecule has 0 radical (unpaired) electrons. The van der Waals surface area contributed by atoms with Gasteiger partial charge in [-0.15, -0.1) is 0 Å². The predicted molar refractivity (Wildman–Crippen MR) is 65.3 cm³/mol. The molecule has 0 aromatic carbocycles. The highest BCUT2D eigenvalue weighted by Gasteiger charge is 2.11. The van der Waals surface area contributed by atoms with Crippen LogP contribution in [-0.4, -0.2) is 49.4 Å². The van der Waals surface area contributed by atoms with Crippen LogP contribution in [0.2, 0.25) is 0 Å². The highest BCUT2D eigenvalue weighted by Crippen LogP contribution is 2.10. The van der Waals surface area contributed by atoms with Crippen molar-refractivity contribution in [1.29, 1.82) is 0 Å². The number of hydrogen-bond acceptors (Lipinski definition) is 3. The van der Waals surface area contributed by atoms with Gasteiger partial charge in [0.05, 0.1) is 0 Å². The van der Waals surface area contributed by atoms with Crippen molar-refractivity contribution < 1.29 is 0 Å². The molecule has 1 heterocycles. The normalized spacial score (nSPS) is 25.8. The first kappa shape index (κ1) is 12.9. The Morgan fingerprint density at radius 3 is 1.27 bits per heavy atom. The van der Waals surface area contributed by atoms with Crippen LogP contribution in [0, 0.1) is 0 Å². The molecular formula is C12H27N3. The lowest BCUT2D eigenvalue weighted by Gasteiger charge is -2.35. The van der Waals surface area contributed by atoms with Gasteiger partial charge >= 0.3 is 0 Å². The summed E-state index contributed by atoms with van der Waals surface area (Å²) in [5, 5.41) is 6.89. The van der Waals surface area contributed by atoms with Crippen molar-refractivity contribution in [2.24, 2.45) is 0 Å². The SMILES string of the molecule is CN1CCCCCCCCCN(C)N1C. The molecule has 0 unspecified atom stereocenters. The van der Waals surface area contributed by atoms with E-state index in [2.05, 4.69) is 36.3 Å². The summed E-state index contributed by atoms with van der Waals surface area (Å²) in [6, 6.07) is 0. The number of nitrogens with zero attached hydrogens (tertiary/aromatic N) is 3. The van der Waals surface area contributed by atoms with E-state index in [9.17, 15) is 0 Å². The zero-order valence-corrected chi connectivity index (χ0v) is 10.7. The van der Waals surface area contributed by atoms with Crippen LogP contribution in [0.3, 0.4) is 0 Å². The number of rotatable bonds is 0. The molecule has 0 saturated carbocycles. The van der Waals surface area contributed by atoms with Crippen molar-refractivity contribution in [2.75, 3.05) is 34.2 Å². The van der Waals surface area contributed by atoms with Crippen molar-refractivity contribution in [3.63, 3.8) is 0 Å². The molecule has 1 rings (SSSR count). The molecule has 0 N–H and O–H groups in total. The molecular weight excluding hydrogens is 186 g/mol. The Balaban J connectivity index is 2.36. The van der Waals surface area contributed by atoms with Crippen LogP contribution in [0.1, 0.15) is 44.9 Å². The summed E-state index contributed by atoms with van der Waals surface area (Å²) in [6.07, 6.45) is 9.72. The van der Waals surface area contributed by atoms with Gasteiger partial charge < -0.3 is 0 Å². The van der Waals surface area contributed by atoms with Crippen LogP contribution >= 0.6 is 0 Å². The van der Waals surface area contributed by atoms with Crippen molar-refractivity contribution in [2.45, 2.75) is 44.9 Å². The molecule has 3 heteroatoms. The molecule has 1 fully saturated rings. The van der Waals surface area contributed by atoms with Crippen LogP contribution in [-0.2, 0) is 0 Å². The quantitative estimate of drug-likeness (QED) is 0.611. The first-order chi connectivity index (χ1) is 7.22. The molecule has 0 aromatic rings. The second-order valence-electron chi connectivity index (χ2n) is 4.73. The lowest BCUT2D eigenvalue weighted by atomic mass is 10.1. The molecule has 1 saturated heterocycles. The fourth-order valence-corrected chi connectivity index (χ4v) is 2.12. The monoisotopic (exact) mass is 213 g/mol. The van der Waals surface area contributed by atoms with Crippen LogP contribution in [0.25, 0.3) is 0 Å². The summed E-state index contributed by atoms with van der Waals surface area (Å²) in [5.41, 5.74) is 0. The summed E-state index contributed by atoms with van der Waals surface area (Å²) < 4.78 is 0. The Bertz CT molecular complexity index is 145. The maximum Gasteiger partial charge on any atom is 0.0179 e. The minimum atomic E-state index is 1.18. The van der Waals surface area contributed by atoms with Gasteiger partial charge in [-0.2, -0.15) is 5.12 Å². The average Bonchev–Trinajstić information content (AvgIpc) is 2.23. The molecule has 0 atom stereocenters. The highest BCUT2D eigenvalue weighted by molar-refractivity contribution is 4.54. The number of hydrogen-bond donors (Lipinski definition) is 0. The van der Waals surface area contributed by atoms with Crippen LogP contribution < -0.4 is 0 Å². The maximum atomic E-state index is 2.32. The van der Waals surface area contributed by atoms with Crippen LogP contribution in [0.5, 0.6) is 0 Å². The minimum absolute atomic E-state index is 1.18. The van der Waals surface area contributed by atoms with E-state index in [1.807, 2.05) is 0 Å². The molecule has 3 nitrogen and oxygen atoms in total. The molecule has 0 aliphatic carbocycles. The van der Waals surface area contributed by atoms with E-state index < -0.39 is 0 Å². The van der Waals surface area contributed by atoms with Crippen molar-refractivity contribution in [3.05, 3.63) is 0 Å². The van der Waals surface area contributed by atoms with Gasteiger partial charge in [-0.25, -0.2) is 10.0 Å². The van der Waals surface area contributed by atoms with Gasteiger partial charge in [-0.3, -0.25) is 0 Å². The Labute approximate surface area is 95.0 Å². The third-order valence-corrected chi connectivity index (χ3v) is 3.45. The lowest BCUT2D eigenvalue weighted by molar-refractivity contribution is -0.140. The molecule has 1 aliphatic rings. The van der Waals surface area contributed by atoms with Gasteiger partial charge in [0.1, 0.15) is 0 Å². The second-order valence-corrected chi connectivity index (χ2v) is 4.73. The van der Waals surface area contributed by atoms with E-state index in [0.717, 1.165) is 0 Å². The molecule has 90 valence electrons. The van der Waals surface area contributed by atoms with E-state index in [1.165, 1.54) is 58.0 Å². The van der Waals surface area contributed by atoms with Gasteiger partial charge in [-0.1, -0.05) is 32.1 Å². The average molecular weight is 213 g/mol. The molecule has 0 aromatic heterocycles. The first-order valence-corrected chi connectivity index (χ1v) is 6.37. The fraction of sp³-hybridized carbons (Fsp3) is 1.00. The van der Waals surface area contributed by atoms with Gasteiger partial charge in [0, 0.05) is 34.2 Å². The summed E-state index contributed by atoms with van der Waals surface area (Å²) in [6.45, 7) is 2.36. The topological polar surface area (TPSA) is 9.72 Å². The van der Waals surface area contributed by atoms with Gasteiger partial charge in [0.15, 0.2) is 0 Å². The largest absolute Gasteiger partial charge is 0.231 e. The van der Waals surface area contributed by atoms with Crippen molar-refractivity contribution >= 4 is 0 Å². The molecule has 0 amide bonds.